The van der Waals surface area contributed by atoms with Gasteiger partial charge in [0.25, 0.3) is 0 Å². The highest BCUT2D eigenvalue weighted by molar-refractivity contribution is 5.98. The predicted molar refractivity (Wildman–Crippen MR) is 53.1 cm³/mol. The molecule has 4 heteroatoms. The van der Waals surface area contributed by atoms with E-state index in [1.165, 1.54) is 12.1 Å². The third-order valence-electron chi connectivity index (χ3n) is 1.56. The van der Waals surface area contributed by atoms with E-state index in [1.54, 1.807) is 19.1 Å². The number of phenols is 1. The van der Waals surface area contributed by atoms with E-state index >= 15 is 0 Å². The number of benzene rings is 1. The van der Waals surface area contributed by atoms with Crippen molar-refractivity contribution >= 4 is 17.4 Å². The Hall–Kier alpha value is -1.84. The second kappa shape index (κ2) is 4.41. The molecule has 2 N–H and O–H groups in total. The number of hydrogen-bond acceptors (Lipinski definition) is 3. The summed E-state index contributed by atoms with van der Waals surface area (Å²) in [5, 5.41) is 17.6. The Bertz CT molecular complexity index is 371. The zero-order chi connectivity index (χ0) is 10.6. The van der Waals surface area contributed by atoms with Crippen LogP contribution in [0, 0.1) is 0 Å². The van der Waals surface area contributed by atoms with Crippen LogP contribution in [0.4, 0.5) is 5.69 Å². The number of rotatable bonds is 3. The normalized spacial score (nSPS) is 11.4. The van der Waals surface area contributed by atoms with E-state index in [-0.39, 0.29) is 12.2 Å². The highest BCUT2D eigenvalue weighted by Crippen LogP contribution is 2.18. The molecule has 1 aromatic carbocycles. The van der Waals surface area contributed by atoms with Crippen LogP contribution >= 0.6 is 0 Å². The monoisotopic (exact) mass is 193 g/mol. The molecule has 0 aliphatic rings. The molecule has 14 heavy (non-hydrogen) atoms. The Kier molecular flexibility index (Phi) is 3.23. The van der Waals surface area contributed by atoms with Crippen LogP contribution in [0.3, 0.4) is 0 Å². The highest BCUT2D eigenvalue weighted by Gasteiger charge is 2.00. The van der Waals surface area contributed by atoms with Gasteiger partial charge in [0.2, 0.25) is 0 Å². The van der Waals surface area contributed by atoms with E-state index in [4.69, 9.17) is 10.2 Å². The maximum atomic E-state index is 10.3. The molecule has 0 aliphatic carbocycles. The van der Waals surface area contributed by atoms with Crippen LogP contribution in [0.25, 0.3) is 0 Å². The molecule has 0 bridgehead atoms. The summed E-state index contributed by atoms with van der Waals surface area (Å²) in [6.07, 6.45) is -0.0876. The summed E-state index contributed by atoms with van der Waals surface area (Å²) in [7, 11) is 0. The van der Waals surface area contributed by atoms with Crippen LogP contribution < -0.4 is 0 Å². The van der Waals surface area contributed by atoms with Gasteiger partial charge in [-0.25, -0.2) is 0 Å². The summed E-state index contributed by atoms with van der Waals surface area (Å²) in [5.74, 6) is -0.791. The number of aliphatic imine (C=N–C) groups is 1. The van der Waals surface area contributed by atoms with Gasteiger partial charge < -0.3 is 10.2 Å². The van der Waals surface area contributed by atoms with Crippen LogP contribution in [0.15, 0.2) is 29.3 Å². The molecule has 0 aliphatic heterocycles. The first kappa shape index (κ1) is 10.2. The Morgan fingerprint density at radius 3 is 2.79 bits per heavy atom. The summed E-state index contributed by atoms with van der Waals surface area (Å²) in [6, 6.07) is 6.37. The Morgan fingerprint density at radius 2 is 2.21 bits per heavy atom. The van der Waals surface area contributed by atoms with Gasteiger partial charge in [0, 0.05) is 11.8 Å². The molecule has 74 valence electrons. The summed E-state index contributed by atoms with van der Waals surface area (Å²) < 4.78 is 0. The van der Waals surface area contributed by atoms with E-state index in [0.29, 0.717) is 11.4 Å². The minimum absolute atomic E-state index is 0.0876. The lowest BCUT2D eigenvalue weighted by molar-refractivity contribution is -0.135. The van der Waals surface area contributed by atoms with Gasteiger partial charge in [0.15, 0.2) is 0 Å². The largest absolute Gasteiger partial charge is 0.508 e. The van der Waals surface area contributed by atoms with Crippen molar-refractivity contribution in [2.24, 2.45) is 4.99 Å². The van der Waals surface area contributed by atoms with Crippen molar-refractivity contribution in [1.29, 1.82) is 0 Å². The molecule has 0 fully saturated rings. The predicted octanol–water partition coefficient (Wildman–Crippen LogP) is 1.96. The molecule has 0 saturated carbocycles. The number of carbonyl (C=O) groups is 1. The quantitative estimate of drug-likeness (QED) is 0.721. The number of carboxylic acids is 1. The molecule has 4 nitrogen and oxygen atoms in total. The Labute approximate surface area is 81.5 Å². The van der Waals surface area contributed by atoms with E-state index in [1.807, 2.05) is 0 Å². The van der Waals surface area contributed by atoms with Crippen molar-refractivity contribution in [2.75, 3.05) is 0 Å². The van der Waals surface area contributed by atoms with Gasteiger partial charge in [-0.05, 0) is 19.1 Å². The molecule has 1 aromatic rings. The van der Waals surface area contributed by atoms with Gasteiger partial charge in [0.05, 0.1) is 12.1 Å². The average molecular weight is 193 g/mol. The number of aromatic hydroxyl groups is 1. The molecule has 0 saturated heterocycles. The van der Waals surface area contributed by atoms with Gasteiger partial charge in [-0.1, -0.05) is 6.07 Å². The second-order valence-corrected chi connectivity index (χ2v) is 2.94. The van der Waals surface area contributed by atoms with Gasteiger partial charge >= 0.3 is 5.97 Å². The minimum Gasteiger partial charge on any atom is -0.508 e. The number of aliphatic carboxylic acids is 1. The zero-order valence-corrected chi connectivity index (χ0v) is 7.77. The standard InChI is InChI=1S/C10H11NO3/c1-7(5-10(13)14)11-8-3-2-4-9(12)6-8/h2-4,6,12H,5H2,1H3,(H,13,14). The molecule has 0 atom stereocenters. The fourth-order valence-corrected chi connectivity index (χ4v) is 1.04. The maximum Gasteiger partial charge on any atom is 0.309 e. The van der Waals surface area contributed by atoms with E-state index in [2.05, 4.69) is 4.99 Å². The molecular weight excluding hydrogens is 182 g/mol. The summed E-state index contributed by atoms with van der Waals surface area (Å²) in [5.41, 5.74) is 1.06. The lowest BCUT2D eigenvalue weighted by Gasteiger charge is -1.97. The van der Waals surface area contributed by atoms with Crippen molar-refractivity contribution in [2.45, 2.75) is 13.3 Å². The van der Waals surface area contributed by atoms with Crippen LogP contribution in [0.2, 0.25) is 0 Å². The van der Waals surface area contributed by atoms with Gasteiger partial charge in [-0.15, -0.1) is 0 Å². The van der Waals surface area contributed by atoms with Crippen LogP contribution in [0.5, 0.6) is 5.75 Å². The number of nitrogens with zero attached hydrogens (tertiary/aromatic N) is 1. The Balaban J connectivity index is 2.80. The first-order valence-electron chi connectivity index (χ1n) is 4.13. The Morgan fingerprint density at radius 1 is 1.50 bits per heavy atom. The highest BCUT2D eigenvalue weighted by atomic mass is 16.4. The van der Waals surface area contributed by atoms with E-state index in [9.17, 15) is 4.79 Å². The van der Waals surface area contributed by atoms with E-state index in [0.717, 1.165) is 0 Å². The van der Waals surface area contributed by atoms with Crippen molar-refractivity contribution in [3.05, 3.63) is 24.3 Å². The van der Waals surface area contributed by atoms with Crippen molar-refractivity contribution < 1.29 is 15.0 Å². The van der Waals surface area contributed by atoms with Crippen molar-refractivity contribution in [3.8, 4) is 5.75 Å². The SMILES string of the molecule is CC(CC(=O)O)=Nc1cccc(O)c1. The molecule has 0 amide bonds. The van der Waals surface area contributed by atoms with Crippen LogP contribution in [-0.4, -0.2) is 21.9 Å². The molecule has 0 heterocycles. The third-order valence-corrected chi connectivity index (χ3v) is 1.56. The molecule has 0 radical (unpaired) electrons. The fraction of sp³-hybridized carbons (Fsp3) is 0.200. The number of phenolic OH excluding ortho intramolecular Hbond substituents is 1. The van der Waals surface area contributed by atoms with Crippen molar-refractivity contribution in [1.82, 2.24) is 0 Å². The lowest BCUT2D eigenvalue weighted by atomic mass is 10.2. The number of hydrogen-bond donors (Lipinski definition) is 2. The van der Waals surface area contributed by atoms with Crippen LogP contribution in [0.1, 0.15) is 13.3 Å². The first-order chi connectivity index (χ1) is 6.58. The average Bonchev–Trinajstić information content (AvgIpc) is 2.01. The molecular formula is C10H11NO3. The topological polar surface area (TPSA) is 69.9 Å². The number of carboxylic acid groups (broad SMARTS) is 1. The minimum atomic E-state index is -0.911. The molecule has 1 rings (SSSR count). The third kappa shape index (κ3) is 3.26. The molecule has 0 aromatic heterocycles. The summed E-state index contributed by atoms with van der Waals surface area (Å²) >= 11 is 0. The van der Waals surface area contributed by atoms with Crippen LogP contribution in [-0.2, 0) is 4.79 Å². The zero-order valence-electron chi connectivity index (χ0n) is 7.77. The van der Waals surface area contributed by atoms with Gasteiger partial charge in [-0.3, -0.25) is 9.79 Å². The maximum absolute atomic E-state index is 10.3. The van der Waals surface area contributed by atoms with E-state index < -0.39 is 5.97 Å². The summed E-state index contributed by atoms with van der Waals surface area (Å²) in [4.78, 5) is 14.4. The lowest BCUT2D eigenvalue weighted by Crippen LogP contribution is -2.01. The van der Waals surface area contributed by atoms with Gasteiger partial charge in [-0.2, -0.15) is 0 Å². The molecule has 0 unspecified atom stereocenters. The smallest absolute Gasteiger partial charge is 0.309 e. The molecule has 0 spiro atoms. The van der Waals surface area contributed by atoms with Crippen molar-refractivity contribution in [3.63, 3.8) is 0 Å². The second-order valence-electron chi connectivity index (χ2n) is 2.94. The summed E-state index contributed by atoms with van der Waals surface area (Å²) in [6.45, 7) is 1.64. The fourth-order valence-electron chi connectivity index (χ4n) is 1.04. The van der Waals surface area contributed by atoms with Gasteiger partial charge in [0.1, 0.15) is 5.75 Å². The first-order valence-corrected chi connectivity index (χ1v) is 4.13.